The summed E-state index contributed by atoms with van der Waals surface area (Å²) in [5, 5.41) is 14.2. The van der Waals surface area contributed by atoms with Crippen molar-refractivity contribution in [2.75, 3.05) is 5.32 Å². The fraction of sp³-hybridized carbons (Fsp3) is 0.200. The molecule has 0 saturated heterocycles. The lowest BCUT2D eigenvalue weighted by Gasteiger charge is -2.19. The largest absolute Gasteiger partial charge is 0.378 e. The number of hydrogen-bond acceptors (Lipinski definition) is 3. The number of nitro groups is 1. The van der Waals surface area contributed by atoms with Crippen LogP contribution in [0.2, 0.25) is 0 Å². The van der Waals surface area contributed by atoms with Crippen molar-refractivity contribution in [1.29, 1.82) is 0 Å². The number of nitrogens with one attached hydrogen (secondary N) is 1. The van der Waals surface area contributed by atoms with Crippen LogP contribution in [0, 0.1) is 15.9 Å². The van der Waals surface area contributed by atoms with Gasteiger partial charge in [-0.3, -0.25) is 10.1 Å². The summed E-state index contributed by atoms with van der Waals surface area (Å²) in [6.45, 7) is 1.99. The van der Waals surface area contributed by atoms with E-state index in [1.54, 1.807) is 24.3 Å². The highest BCUT2D eigenvalue weighted by molar-refractivity contribution is 9.10. The molecule has 0 heterocycles. The Morgan fingerprint density at radius 3 is 2.52 bits per heavy atom. The van der Waals surface area contributed by atoms with Crippen molar-refractivity contribution < 1.29 is 9.31 Å². The summed E-state index contributed by atoms with van der Waals surface area (Å²) in [5.74, 6) is -0.284. The summed E-state index contributed by atoms with van der Waals surface area (Å²) < 4.78 is 13.4. The molecule has 4 nitrogen and oxygen atoms in total. The number of nitrogens with zero attached hydrogens (tertiary/aromatic N) is 1. The van der Waals surface area contributed by atoms with Crippen LogP contribution >= 0.6 is 15.9 Å². The molecule has 0 spiro atoms. The molecule has 6 heteroatoms. The van der Waals surface area contributed by atoms with E-state index in [1.165, 1.54) is 18.2 Å². The van der Waals surface area contributed by atoms with E-state index in [-0.39, 0.29) is 17.5 Å². The van der Waals surface area contributed by atoms with E-state index in [0.29, 0.717) is 10.2 Å². The van der Waals surface area contributed by atoms with Crippen LogP contribution in [-0.2, 0) is 0 Å². The number of hydrogen-bond donors (Lipinski definition) is 1. The molecule has 2 aromatic carbocycles. The molecule has 21 heavy (non-hydrogen) atoms. The zero-order chi connectivity index (χ0) is 15.4. The van der Waals surface area contributed by atoms with E-state index in [4.69, 9.17) is 0 Å². The van der Waals surface area contributed by atoms with Crippen LogP contribution in [0.1, 0.15) is 24.9 Å². The van der Waals surface area contributed by atoms with Gasteiger partial charge in [-0.1, -0.05) is 19.1 Å². The van der Waals surface area contributed by atoms with Crippen LogP contribution in [-0.4, -0.2) is 4.92 Å². The Morgan fingerprint density at radius 1 is 1.29 bits per heavy atom. The van der Waals surface area contributed by atoms with E-state index in [0.717, 1.165) is 12.0 Å². The normalized spacial score (nSPS) is 12.0. The maximum absolute atomic E-state index is 13.0. The van der Waals surface area contributed by atoms with Gasteiger partial charge in [0.2, 0.25) is 0 Å². The Morgan fingerprint density at radius 2 is 1.95 bits per heavy atom. The lowest BCUT2D eigenvalue weighted by molar-refractivity contribution is -0.385. The lowest BCUT2D eigenvalue weighted by Crippen LogP contribution is -2.09. The van der Waals surface area contributed by atoms with Crippen molar-refractivity contribution in [3.05, 3.63) is 68.4 Å². The zero-order valence-electron chi connectivity index (χ0n) is 11.3. The maximum atomic E-state index is 13.0. The van der Waals surface area contributed by atoms with Crippen molar-refractivity contribution in [1.82, 2.24) is 0 Å². The molecule has 0 bridgehead atoms. The number of benzene rings is 2. The topological polar surface area (TPSA) is 55.2 Å². The van der Waals surface area contributed by atoms with Gasteiger partial charge in [0.05, 0.1) is 15.4 Å². The quantitative estimate of drug-likeness (QED) is 0.604. The van der Waals surface area contributed by atoms with Crippen LogP contribution < -0.4 is 5.32 Å². The molecule has 0 aliphatic carbocycles. The SMILES string of the molecule is CCC(Nc1ccc(Br)c([N+](=O)[O-])c1)c1ccc(F)cc1. The van der Waals surface area contributed by atoms with Crippen molar-refractivity contribution in [3.8, 4) is 0 Å². The van der Waals surface area contributed by atoms with Gasteiger partial charge in [-0.25, -0.2) is 4.39 Å². The van der Waals surface area contributed by atoms with E-state index in [1.807, 2.05) is 6.92 Å². The first kappa shape index (κ1) is 15.4. The molecule has 1 unspecified atom stereocenters. The molecule has 110 valence electrons. The third-order valence-corrected chi connectivity index (χ3v) is 3.83. The molecular formula is C15H14BrFN2O2. The molecule has 0 amide bonds. The summed E-state index contributed by atoms with van der Waals surface area (Å²) in [4.78, 5) is 10.5. The summed E-state index contributed by atoms with van der Waals surface area (Å²) in [6, 6.07) is 11.1. The molecule has 2 aromatic rings. The number of rotatable bonds is 5. The van der Waals surface area contributed by atoms with Crippen LogP contribution in [0.25, 0.3) is 0 Å². The van der Waals surface area contributed by atoms with Crippen molar-refractivity contribution in [2.24, 2.45) is 0 Å². The minimum absolute atomic E-state index is 0.00830. The van der Waals surface area contributed by atoms with E-state index in [2.05, 4.69) is 21.2 Å². The minimum Gasteiger partial charge on any atom is -0.378 e. The Hall–Kier alpha value is -1.95. The fourth-order valence-electron chi connectivity index (χ4n) is 2.06. The van der Waals surface area contributed by atoms with Gasteiger partial charge in [-0.2, -0.15) is 0 Å². The van der Waals surface area contributed by atoms with Gasteiger partial charge in [0.25, 0.3) is 5.69 Å². The lowest BCUT2D eigenvalue weighted by atomic mass is 10.0. The minimum atomic E-state index is -0.436. The molecule has 0 aliphatic heterocycles. The van der Waals surface area contributed by atoms with Gasteiger partial charge < -0.3 is 5.32 Å². The monoisotopic (exact) mass is 352 g/mol. The summed E-state index contributed by atoms with van der Waals surface area (Å²) in [5.41, 5.74) is 1.60. The summed E-state index contributed by atoms with van der Waals surface area (Å²) >= 11 is 3.16. The molecule has 0 aliphatic rings. The highest BCUT2D eigenvalue weighted by atomic mass is 79.9. The van der Waals surface area contributed by atoms with E-state index in [9.17, 15) is 14.5 Å². The third kappa shape index (κ3) is 3.78. The van der Waals surface area contributed by atoms with Crippen LogP contribution in [0.5, 0.6) is 0 Å². The Bertz CT molecular complexity index is 647. The van der Waals surface area contributed by atoms with Gasteiger partial charge in [0.1, 0.15) is 5.82 Å². The molecule has 0 saturated carbocycles. The second-order valence-corrected chi connectivity index (χ2v) is 5.43. The number of halogens is 2. The predicted molar refractivity (Wildman–Crippen MR) is 83.9 cm³/mol. The smallest absolute Gasteiger partial charge is 0.285 e. The standard InChI is InChI=1S/C15H14BrFN2O2/c1-2-14(10-3-5-11(17)6-4-10)18-12-7-8-13(16)15(9-12)19(20)21/h3-9,14,18H,2H2,1H3. The number of nitro benzene ring substituents is 1. The Kier molecular flexibility index (Phi) is 4.90. The van der Waals surface area contributed by atoms with E-state index >= 15 is 0 Å². The average molecular weight is 353 g/mol. The molecule has 0 radical (unpaired) electrons. The first-order valence-electron chi connectivity index (χ1n) is 6.47. The zero-order valence-corrected chi connectivity index (χ0v) is 12.9. The highest BCUT2D eigenvalue weighted by Gasteiger charge is 2.15. The summed E-state index contributed by atoms with van der Waals surface area (Å²) in [6.07, 6.45) is 0.773. The first-order valence-corrected chi connectivity index (χ1v) is 7.26. The third-order valence-electron chi connectivity index (χ3n) is 3.16. The van der Waals surface area contributed by atoms with Crippen molar-refractivity contribution in [2.45, 2.75) is 19.4 Å². The van der Waals surface area contributed by atoms with E-state index < -0.39 is 4.92 Å². The molecule has 1 atom stereocenters. The second-order valence-electron chi connectivity index (χ2n) is 4.58. The molecule has 0 fully saturated rings. The van der Waals surface area contributed by atoms with Crippen molar-refractivity contribution >= 4 is 27.3 Å². The number of anilines is 1. The van der Waals surface area contributed by atoms with Crippen LogP contribution in [0.15, 0.2) is 46.9 Å². The van der Waals surface area contributed by atoms with Crippen LogP contribution in [0.4, 0.5) is 15.8 Å². The molecule has 2 rings (SSSR count). The second kappa shape index (κ2) is 6.67. The Balaban J connectivity index is 2.24. The first-order chi connectivity index (χ1) is 10.0. The average Bonchev–Trinajstić information content (AvgIpc) is 2.47. The van der Waals surface area contributed by atoms with Gasteiger partial charge >= 0.3 is 0 Å². The molecule has 0 aromatic heterocycles. The highest BCUT2D eigenvalue weighted by Crippen LogP contribution is 2.30. The van der Waals surface area contributed by atoms with Gasteiger partial charge in [-0.05, 0) is 52.2 Å². The van der Waals surface area contributed by atoms with Gasteiger partial charge in [0, 0.05) is 11.8 Å². The van der Waals surface area contributed by atoms with Gasteiger partial charge in [0.15, 0.2) is 0 Å². The Labute approximate surface area is 130 Å². The molecular weight excluding hydrogens is 339 g/mol. The molecule has 1 N–H and O–H groups in total. The van der Waals surface area contributed by atoms with Gasteiger partial charge in [-0.15, -0.1) is 0 Å². The van der Waals surface area contributed by atoms with Crippen LogP contribution in [0.3, 0.4) is 0 Å². The fourth-order valence-corrected chi connectivity index (χ4v) is 2.45. The summed E-state index contributed by atoms with van der Waals surface area (Å²) in [7, 11) is 0. The van der Waals surface area contributed by atoms with Crippen molar-refractivity contribution in [3.63, 3.8) is 0 Å². The predicted octanol–water partition coefficient (Wildman–Crippen LogP) is 5.06. The maximum Gasteiger partial charge on any atom is 0.285 e.